The summed E-state index contributed by atoms with van der Waals surface area (Å²) in [6, 6.07) is 9.28. The van der Waals surface area contributed by atoms with E-state index in [4.69, 9.17) is 4.74 Å². The molecule has 0 unspecified atom stereocenters. The minimum atomic E-state index is -5.48. The summed E-state index contributed by atoms with van der Waals surface area (Å²) in [4.78, 5) is 47.5. The molecular formula is C32H30F3N7O6S. The molecule has 1 atom stereocenters. The molecule has 0 radical (unpaired) electrons. The van der Waals surface area contributed by atoms with Crippen LogP contribution in [-0.2, 0) is 40.7 Å². The van der Waals surface area contributed by atoms with Crippen molar-refractivity contribution in [1.82, 2.24) is 34.5 Å². The lowest BCUT2D eigenvalue weighted by Gasteiger charge is -2.29. The zero-order valence-electron chi connectivity index (χ0n) is 26.1. The molecule has 3 heterocycles. The fourth-order valence-electron chi connectivity index (χ4n) is 6.11. The van der Waals surface area contributed by atoms with Gasteiger partial charge in [-0.3, -0.25) is 9.59 Å². The molecule has 2 N–H and O–H groups in total. The van der Waals surface area contributed by atoms with Crippen LogP contribution in [0.15, 0.2) is 55.4 Å². The summed E-state index contributed by atoms with van der Waals surface area (Å²) < 4.78 is 70.0. The lowest BCUT2D eigenvalue weighted by molar-refractivity contribution is -0.0492. The lowest BCUT2D eigenvalue weighted by atomic mass is 9.98. The third kappa shape index (κ3) is 6.50. The highest BCUT2D eigenvalue weighted by Crippen LogP contribution is 2.35. The number of halogens is 3. The third-order valence-corrected chi connectivity index (χ3v) is 10.2. The van der Waals surface area contributed by atoms with Crippen LogP contribution in [0.2, 0.25) is 0 Å². The van der Waals surface area contributed by atoms with Gasteiger partial charge in [-0.1, -0.05) is 36.9 Å². The molecule has 0 saturated heterocycles. The Hall–Kier alpha value is -5.16. The number of esters is 1. The van der Waals surface area contributed by atoms with Crippen LogP contribution in [0.5, 0.6) is 0 Å². The lowest BCUT2D eigenvalue weighted by Crippen LogP contribution is -2.43. The van der Waals surface area contributed by atoms with Crippen LogP contribution >= 0.6 is 0 Å². The van der Waals surface area contributed by atoms with Gasteiger partial charge in [-0.05, 0) is 65.6 Å². The molecule has 17 heteroatoms. The first-order valence-corrected chi connectivity index (χ1v) is 16.6. The Balaban J connectivity index is 1.16. The van der Waals surface area contributed by atoms with E-state index in [1.54, 1.807) is 30.3 Å². The smallest absolute Gasteiger partial charge is 0.458 e. The fraction of sp³-hybridized carbons (Fsp3) is 0.312. The number of carbonyl (C=O) groups is 3. The van der Waals surface area contributed by atoms with Crippen molar-refractivity contribution < 1.29 is 40.7 Å². The third-order valence-electron chi connectivity index (χ3n) is 8.60. The highest BCUT2D eigenvalue weighted by molar-refractivity contribution is 7.89. The maximum atomic E-state index is 13.6. The van der Waals surface area contributed by atoms with E-state index in [2.05, 4.69) is 32.3 Å². The summed E-state index contributed by atoms with van der Waals surface area (Å²) in [6.45, 7) is 4.68. The van der Waals surface area contributed by atoms with Crippen molar-refractivity contribution in [3.63, 3.8) is 0 Å². The molecule has 0 bridgehead atoms. The summed E-state index contributed by atoms with van der Waals surface area (Å²) >= 11 is 0. The monoisotopic (exact) mass is 697 g/mol. The summed E-state index contributed by atoms with van der Waals surface area (Å²) in [5.41, 5.74) is -0.887. The Bertz CT molecular complexity index is 2120. The number of rotatable bonds is 9. The van der Waals surface area contributed by atoms with Gasteiger partial charge in [0.1, 0.15) is 24.3 Å². The maximum absolute atomic E-state index is 13.6. The van der Waals surface area contributed by atoms with Gasteiger partial charge in [0.15, 0.2) is 0 Å². The van der Waals surface area contributed by atoms with E-state index in [1.807, 2.05) is 6.92 Å². The number of sulfonamides is 1. The summed E-state index contributed by atoms with van der Waals surface area (Å²) in [5.74, 6) is -1.65. The number of alkyl halides is 3. The van der Waals surface area contributed by atoms with Crippen LogP contribution in [0.4, 0.5) is 13.2 Å². The first kappa shape index (κ1) is 33.7. The minimum Gasteiger partial charge on any atom is -0.458 e. The maximum Gasteiger partial charge on any atom is 0.511 e. The molecule has 4 aromatic rings. The zero-order valence-corrected chi connectivity index (χ0v) is 26.9. The van der Waals surface area contributed by atoms with Crippen molar-refractivity contribution in [3.8, 4) is 0 Å². The predicted molar refractivity (Wildman–Crippen MR) is 168 cm³/mol. The first-order chi connectivity index (χ1) is 23.3. The highest BCUT2D eigenvalue weighted by Gasteiger charge is 2.50. The second kappa shape index (κ2) is 13.0. The standard InChI is InChI=1S/C32H30F3N7O6S/c1-3-12-48-30(45)23-6-7-24-22(18(23)2)8-9-25(24)39-29(44)27-14-26(40-31-37-17-38-42(27)31)28(43)36-15-19-4-5-20-10-11-41(16-21(20)13-19)49(46,47)32(33,34)35/h3-7,13-14,17,25H,1,8-12,15-16H2,2H3,(H,36,43)(H,39,44)/t25-/m0/s1. The molecule has 6 rings (SSSR count). The van der Waals surface area contributed by atoms with Gasteiger partial charge >= 0.3 is 21.5 Å². The number of ether oxygens (including phenoxy) is 1. The Labute approximate surface area is 278 Å². The number of nitrogens with zero attached hydrogens (tertiary/aromatic N) is 5. The van der Waals surface area contributed by atoms with Gasteiger partial charge in [0.2, 0.25) is 0 Å². The molecule has 2 aromatic heterocycles. The fourth-order valence-corrected chi connectivity index (χ4v) is 7.04. The molecule has 2 aliphatic rings. The van der Waals surface area contributed by atoms with Crippen molar-refractivity contribution >= 4 is 33.6 Å². The number of carbonyl (C=O) groups excluding carboxylic acids is 3. The van der Waals surface area contributed by atoms with E-state index in [-0.39, 0.29) is 49.3 Å². The number of hydrogen-bond acceptors (Lipinski definition) is 9. The Kier molecular flexibility index (Phi) is 8.98. The number of amides is 2. The molecule has 1 aliphatic carbocycles. The Morgan fingerprint density at radius 3 is 2.65 bits per heavy atom. The van der Waals surface area contributed by atoms with E-state index in [9.17, 15) is 36.0 Å². The summed E-state index contributed by atoms with van der Waals surface area (Å²) in [7, 11) is -5.48. The first-order valence-electron chi connectivity index (χ1n) is 15.2. The Morgan fingerprint density at radius 2 is 1.90 bits per heavy atom. The number of nitrogens with one attached hydrogen (secondary N) is 2. The van der Waals surface area contributed by atoms with E-state index in [1.165, 1.54) is 23.0 Å². The minimum absolute atomic E-state index is 0.00203. The molecule has 13 nitrogen and oxygen atoms in total. The van der Waals surface area contributed by atoms with Crippen LogP contribution in [0.25, 0.3) is 5.78 Å². The van der Waals surface area contributed by atoms with Crippen LogP contribution in [-0.4, -0.2) is 68.7 Å². The second-order valence-corrected chi connectivity index (χ2v) is 13.5. The van der Waals surface area contributed by atoms with E-state index in [0.29, 0.717) is 39.4 Å². The van der Waals surface area contributed by atoms with Crippen molar-refractivity contribution in [3.05, 3.63) is 106 Å². The molecule has 0 fully saturated rings. The van der Waals surface area contributed by atoms with Gasteiger partial charge in [0, 0.05) is 25.7 Å². The van der Waals surface area contributed by atoms with Crippen LogP contribution in [0, 0.1) is 6.92 Å². The van der Waals surface area contributed by atoms with Crippen molar-refractivity contribution in [2.45, 2.75) is 50.8 Å². The molecule has 0 spiro atoms. The SMILES string of the molecule is C=CCOC(=O)c1ccc2c(c1C)CC[C@@H]2NC(=O)c1cc(C(=O)NCc2ccc3c(c2)CN(S(=O)(=O)C(F)(F)F)CC3)nc2ncnn12. The van der Waals surface area contributed by atoms with Crippen LogP contribution < -0.4 is 10.6 Å². The van der Waals surface area contributed by atoms with Crippen molar-refractivity contribution in [2.75, 3.05) is 13.2 Å². The van der Waals surface area contributed by atoms with Gasteiger partial charge in [0.25, 0.3) is 17.6 Å². The normalized spacial score (nSPS) is 16.1. The van der Waals surface area contributed by atoms with E-state index >= 15 is 0 Å². The topological polar surface area (TPSA) is 165 Å². The molecule has 2 aromatic carbocycles. The quantitative estimate of drug-likeness (QED) is 0.197. The molecule has 2 amide bonds. The number of hydrogen-bond donors (Lipinski definition) is 2. The number of benzene rings is 2. The average Bonchev–Trinajstić information content (AvgIpc) is 3.72. The number of fused-ring (bicyclic) bond motifs is 3. The molecule has 1 aliphatic heterocycles. The molecule has 0 saturated carbocycles. The van der Waals surface area contributed by atoms with Gasteiger partial charge in [-0.15, -0.1) is 0 Å². The number of aromatic nitrogens is 4. The van der Waals surface area contributed by atoms with Gasteiger partial charge < -0.3 is 15.4 Å². The summed E-state index contributed by atoms with van der Waals surface area (Å²) in [5, 5.41) is 9.75. The Morgan fingerprint density at radius 1 is 1.10 bits per heavy atom. The van der Waals surface area contributed by atoms with Gasteiger partial charge in [-0.25, -0.2) is 18.2 Å². The summed E-state index contributed by atoms with van der Waals surface area (Å²) in [6.07, 6.45) is 3.99. The molecule has 256 valence electrons. The van der Waals surface area contributed by atoms with Crippen molar-refractivity contribution in [2.24, 2.45) is 0 Å². The second-order valence-electron chi connectivity index (χ2n) is 11.6. The van der Waals surface area contributed by atoms with Crippen LogP contribution in [0.3, 0.4) is 0 Å². The van der Waals surface area contributed by atoms with E-state index < -0.39 is 39.9 Å². The average molecular weight is 698 g/mol. The predicted octanol–water partition coefficient (Wildman–Crippen LogP) is 3.33. The molecular weight excluding hydrogens is 667 g/mol. The van der Waals surface area contributed by atoms with Gasteiger partial charge in [-0.2, -0.15) is 32.1 Å². The van der Waals surface area contributed by atoms with Crippen molar-refractivity contribution in [1.29, 1.82) is 0 Å². The van der Waals surface area contributed by atoms with E-state index in [0.717, 1.165) is 16.7 Å². The van der Waals surface area contributed by atoms with Gasteiger partial charge in [0.05, 0.1) is 11.6 Å². The highest BCUT2D eigenvalue weighted by atomic mass is 32.2. The zero-order chi connectivity index (χ0) is 35.1. The van der Waals surface area contributed by atoms with Crippen LogP contribution in [0.1, 0.15) is 77.2 Å². The molecule has 49 heavy (non-hydrogen) atoms. The largest absolute Gasteiger partial charge is 0.511 e.